The van der Waals surface area contributed by atoms with E-state index in [1.165, 1.54) is 12.1 Å². The smallest absolute Gasteiger partial charge is 0.320 e. The Kier molecular flexibility index (Phi) is 4.80. The molecule has 1 aliphatic carbocycles. The highest BCUT2D eigenvalue weighted by Gasteiger charge is 2.39. The van der Waals surface area contributed by atoms with Crippen LogP contribution in [0.1, 0.15) is 30.9 Å². The number of carbonyl (C=O) groups is 1. The summed E-state index contributed by atoms with van der Waals surface area (Å²) in [5, 5.41) is 9.95. The Labute approximate surface area is 140 Å². The van der Waals surface area contributed by atoms with Crippen LogP contribution in [-0.2, 0) is 4.74 Å². The largest absolute Gasteiger partial charge is 0.382 e. The molecule has 0 spiro atoms. The summed E-state index contributed by atoms with van der Waals surface area (Å²) in [6.07, 6.45) is 2.66. The third kappa shape index (κ3) is 3.91. The van der Waals surface area contributed by atoms with Crippen molar-refractivity contribution < 1.29 is 13.9 Å². The van der Waals surface area contributed by atoms with Gasteiger partial charge < -0.3 is 10.1 Å². The number of hydrogen-bond donors (Lipinski definition) is 2. The average molecular weight is 332 g/mol. The van der Waals surface area contributed by atoms with E-state index in [1.807, 2.05) is 6.92 Å². The number of aromatic nitrogens is 2. The van der Waals surface area contributed by atoms with Crippen LogP contribution in [0.2, 0.25) is 0 Å². The Bertz CT molecular complexity index is 701. The van der Waals surface area contributed by atoms with E-state index in [2.05, 4.69) is 15.7 Å². The summed E-state index contributed by atoms with van der Waals surface area (Å²) in [5.74, 6) is 0.491. The molecule has 3 atom stereocenters. The Balaban J connectivity index is 1.49. The van der Waals surface area contributed by atoms with Crippen LogP contribution in [0.3, 0.4) is 0 Å². The number of hydrogen-bond acceptors (Lipinski definition) is 3. The summed E-state index contributed by atoms with van der Waals surface area (Å²) < 4.78 is 19.8. The third-order valence-electron chi connectivity index (χ3n) is 4.11. The molecule has 1 fully saturated rings. The molecule has 1 aromatic carbocycles. The zero-order valence-electron chi connectivity index (χ0n) is 13.7. The van der Waals surface area contributed by atoms with Gasteiger partial charge in [0.05, 0.1) is 12.6 Å². The normalized spacial score (nSPS) is 20.5. The van der Waals surface area contributed by atoms with Crippen LogP contribution >= 0.6 is 0 Å². The molecule has 2 amide bonds. The highest BCUT2D eigenvalue weighted by atomic mass is 19.1. The van der Waals surface area contributed by atoms with E-state index in [9.17, 15) is 9.18 Å². The van der Waals surface area contributed by atoms with E-state index in [4.69, 9.17) is 4.74 Å². The first kappa shape index (κ1) is 16.4. The molecule has 1 saturated carbocycles. The molecule has 1 unspecified atom stereocenters. The lowest BCUT2D eigenvalue weighted by Gasteiger charge is -2.10. The minimum absolute atomic E-state index is 0.0740. The molecule has 7 heteroatoms. The van der Waals surface area contributed by atoms with Gasteiger partial charge in [0, 0.05) is 31.3 Å². The fourth-order valence-corrected chi connectivity index (χ4v) is 2.72. The highest BCUT2D eigenvalue weighted by Crippen LogP contribution is 2.40. The van der Waals surface area contributed by atoms with Gasteiger partial charge in [-0.2, -0.15) is 5.10 Å². The third-order valence-corrected chi connectivity index (χ3v) is 4.11. The van der Waals surface area contributed by atoms with Crippen molar-refractivity contribution in [2.45, 2.75) is 31.3 Å². The number of halogens is 1. The average Bonchev–Trinajstić information content (AvgIpc) is 3.14. The fraction of sp³-hybridized carbons (Fsp3) is 0.412. The van der Waals surface area contributed by atoms with Gasteiger partial charge in [-0.3, -0.25) is 10.00 Å². The monoisotopic (exact) mass is 332 g/mol. The van der Waals surface area contributed by atoms with Gasteiger partial charge in [0.15, 0.2) is 5.82 Å². The van der Waals surface area contributed by atoms with Gasteiger partial charge in [0.2, 0.25) is 0 Å². The number of methoxy groups -OCH3 is 1. The first-order valence-corrected chi connectivity index (χ1v) is 7.94. The minimum Gasteiger partial charge on any atom is -0.382 e. The van der Waals surface area contributed by atoms with Gasteiger partial charge in [-0.05, 0) is 31.0 Å². The van der Waals surface area contributed by atoms with Crippen LogP contribution in [0.25, 0.3) is 0 Å². The van der Waals surface area contributed by atoms with Gasteiger partial charge in [0.1, 0.15) is 5.82 Å². The topological polar surface area (TPSA) is 68.2 Å². The molecule has 0 radical (unpaired) electrons. The second-order valence-electron chi connectivity index (χ2n) is 6.08. The first-order valence-electron chi connectivity index (χ1n) is 7.94. The molecule has 128 valence electrons. The van der Waals surface area contributed by atoms with Crippen LogP contribution in [0.15, 0.2) is 36.5 Å². The number of nitrogens with one attached hydrogen (secondary N) is 2. The van der Waals surface area contributed by atoms with Crippen molar-refractivity contribution in [3.8, 4) is 0 Å². The number of carbonyl (C=O) groups excluding carboxylic acids is 1. The Morgan fingerprint density at radius 3 is 2.88 bits per heavy atom. The van der Waals surface area contributed by atoms with Crippen LogP contribution in [0, 0.1) is 5.82 Å². The summed E-state index contributed by atoms with van der Waals surface area (Å²) in [4.78, 5) is 12.0. The maximum absolute atomic E-state index is 12.9. The molecule has 24 heavy (non-hydrogen) atoms. The minimum atomic E-state index is -0.283. The molecule has 1 heterocycles. The standard InChI is InChI=1S/C17H21FN4O2/c1-11(10-24-2)22-8-7-16(21-22)20-17(23)19-15-9-14(15)12-3-5-13(18)6-4-12/h3-8,11,14-15H,9-10H2,1-2H3,(H2,19,20,21,23)/t11?,14-,15+/m0/s1. The summed E-state index contributed by atoms with van der Waals surface area (Å²) in [6.45, 7) is 2.53. The summed E-state index contributed by atoms with van der Waals surface area (Å²) >= 11 is 0. The van der Waals surface area contributed by atoms with Crippen molar-refractivity contribution in [3.05, 3.63) is 47.9 Å². The second kappa shape index (κ2) is 7.00. The Morgan fingerprint density at radius 1 is 1.42 bits per heavy atom. The van der Waals surface area contributed by atoms with Crippen LogP contribution in [0.4, 0.5) is 15.0 Å². The van der Waals surface area contributed by atoms with Gasteiger partial charge >= 0.3 is 6.03 Å². The Morgan fingerprint density at radius 2 is 2.17 bits per heavy atom. The highest BCUT2D eigenvalue weighted by molar-refractivity contribution is 5.88. The molecule has 0 saturated heterocycles. The zero-order chi connectivity index (χ0) is 17.1. The van der Waals surface area contributed by atoms with Crippen molar-refractivity contribution in [2.75, 3.05) is 19.0 Å². The van der Waals surface area contributed by atoms with Crippen molar-refractivity contribution >= 4 is 11.8 Å². The van der Waals surface area contributed by atoms with Crippen LogP contribution < -0.4 is 10.6 Å². The first-order chi connectivity index (χ1) is 11.6. The number of ether oxygens (including phenoxy) is 1. The van der Waals surface area contributed by atoms with Crippen LogP contribution in [0.5, 0.6) is 0 Å². The van der Waals surface area contributed by atoms with Crippen molar-refractivity contribution in [3.63, 3.8) is 0 Å². The van der Waals surface area contributed by atoms with Crippen LogP contribution in [-0.4, -0.2) is 35.6 Å². The molecule has 2 N–H and O–H groups in total. The molecular weight excluding hydrogens is 311 g/mol. The zero-order valence-corrected chi connectivity index (χ0v) is 13.7. The van der Waals surface area contributed by atoms with E-state index in [1.54, 1.807) is 36.2 Å². The number of urea groups is 1. The number of amides is 2. The van der Waals surface area contributed by atoms with Gasteiger partial charge in [-0.1, -0.05) is 12.1 Å². The number of rotatable bonds is 6. The van der Waals surface area contributed by atoms with Crippen molar-refractivity contribution in [2.24, 2.45) is 0 Å². The van der Waals surface area contributed by atoms with Crippen molar-refractivity contribution in [1.82, 2.24) is 15.1 Å². The summed E-state index contributed by atoms with van der Waals surface area (Å²) in [6, 6.07) is 8.05. The molecule has 0 aliphatic heterocycles. The lowest BCUT2D eigenvalue weighted by atomic mass is 10.1. The summed E-state index contributed by atoms with van der Waals surface area (Å²) in [7, 11) is 1.64. The number of benzene rings is 1. The lowest BCUT2D eigenvalue weighted by Crippen LogP contribution is -2.31. The maximum atomic E-state index is 12.9. The van der Waals surface area contributed by atoms with Gasteiger partial charge in [0.25, 0.3) is 0 Å². The SMILES string of the molecule is COCC(C)n1ccc(NC(=O)N[C@@H]2C[C@H]2c2ccc(F)cc2)n1. The van der Waals surface area contributed by atoms with E-state index in [-0.39, 0.29) is 29.8 Å². The van der Waals surface area contributed by atoms with Gasteiger partial charge in [-0.25, -0.2) is 9.18 Å². The maximum Gasteiger partial charge on any atom is 0.320 e. The van der Waals surface area contributed by atoms with Gasteiger partial charge in [-0.15, -0.1) is 0 Å². The predicted octanol–water partition coefficient (Wildman–Crippen LogP) is 2.91. The quantitative estimate of drug-likeness (QED) is 0.855. The lowest BCUT2D eigenvalue weighted by molar-refractivity contribution is 0.157. The Hall–Kier alpha value is -2.41. The summed E-state index contributed by atoms with van der Waals surface area (Å²) in [5.41, 5.74) is 1.04. The fourth-order valence-electron chi connectivity index (χ4n) is 2.72. The molecule has 0 bridgehead atoms. The number of anilines is 1. The van der Waals surface area contributed by atoms with E-state index < -0.39 is 0 Å². The second-order valence-corrected chi connectivity index (χ2v) is 6.08. The van der Waals surface area contributed by atoms with E-state index in [0.29, 0.717) is 12.4 Å². The molecule has 1 aliphatic rings. The molecule has 6 nitrogen and oxygen atoms in total. The molecule has 3 rings (SSSR count). The molecule has 2 aromatic rings. The number of nitrogens with zero attached hydrogens (tertiary/aromatic N) is 2. The molecule has 1 aromatic heterocycles. The van der Waals surface area contributed by atoms with E-state index >= 15 is 0 Å². The molecular formula is C17H21FN4O2. The van der Waals surface area contributed by atoms with E-state index in [0.717, 1.165) is 12.0 Å². The van der Waals surface area contributed by atoms with Crippen molar-refractivity contribution in [1.29, 1.82) is 0 Å². The predicted molar refractivity (Wildman–Crippen MR) is 88.5 cm³/mol.